The predicted molar refractivity (Wildman–Crippen MR) is 130 cm³/mol. The van der Waals surface area contributed by atoms with Crippen molar-refractivity contribution in [2.45, 2.75) is 18.9 Å². The van der Waals surface area contributed by atoms with E-state index in [-0.39, 0.29) is 23.7 Å². The first-order chi connectivity index (χ1) is 17.3. The van der Waals surface area contributed by atoms with Crippen molar-refractivity contribution in [2.75, 3.05) is 42.6 Å². The Kier molecular flexibility index (Phi) is 5.15. The highest BCUT2D eigenvalue weighted by Crippen LogP contribution is 2.38. The van der Waals surface area contributed by atoms with E-state index in [1.54, 1.807) is 34.9 Å². The third-order valence-electron chi connectivity index (χ3n) is 7.20. The molecule has 1 aromatic heterocycles. The number of halogens is 1. The van der Waals surface area contributed by atoms with Crippen LogP contribution in [0.15, 0.2) is 47.4 Å². The summed E-state index contributed by atoms with van der Waals surface area (Å²) in [6.45, 7) is 2.34. The molecule has 1 amide bonds. The van der Waals surface area contributed by atoms with Gasteiger partial charge >= 0.3 is 11.9 Å². The number of carbonyl (C=O) groups is 3. The Morgan fingerprint density at radius 2 is 1.72 bits per heavy atom. The summed E-state index contributed by atoms with van der Waals surface area (Å²) >= 11 is 0. The first-order valence-electron chi connectivity index (χ1n) is 11.9. The molecular weight excluding hydrogens is 467 g/mol. The molecule has 1 saturated heterocycles. The van der Waals surface area contributed by atoms with Crippen molar-refractivity contribution in [3.05, 3.63) is 69.8 Å². The van der Waals surface area contributed by atoms with Crippen LogP contribution in [-0.4, -0.2) is 65.1 Å². The summed E-state index contributed by atoms with van der Waals surface area (Å²) in [6.07, 6.45) is 3.13. The van der Waals surface area contributed by atoms with Gasteiger partial charge in [-0.1, -0.05) is 12.1 Å². The first-order valence-corrected chi connectivity index (χ1v) is 11.9. The number of hydrogen-bond acceptors (Lipinski definition) is 6. The maximum atomic E-state index is 15.2. The third-order valence-corrected chi connectivity index (χ3v) is 7.20. The number of fused-ring (bicyclic) bond motifs is 2. The van der Waals surface area contributed by atoms with E-state index in [2.05, 4.69) is 0 Å². The molecule has 0 atom stereocenters. The molecule has 3 aromatic rings. The Balaban J connectivity index is 1.24. The SMILES string of the molecule is O=C1C(=O)N(CN2CCN(c3cc4c(cc3F)c(=O)c(C(=O)O)cn4C3CC3)CC2)c2ccccc21. The van der Waals surface area contributed by atoms with Crippen LogP contribution in [0, 0.1) is 5.82 Å². The molecule has 3 heterocycles. The van der Waals surface area contributed by atoms with Gasteiger partial charge < -0.3 is 14.6 Å². The van der Waals surface area contributed by atoms with E-state index in [0.717, 1.165) is 18.9 Å². The molecule has 184 valence electrons. The van der Waals surface area contributed by atoms with Crippen LogP contribution in [0.3, 0.4) is 0 Å². The fourth-order valence-corrected chi connectivity index (χ4v) is 5.13. The first kappa shape index (κ1) is 22.4. The molecule has 1 saturated carbocycles. The Hall–Kier alpha value is -4.05. The fourth-order valence-electron chi connectivity index (χ4n) is 5.13. The minimum Gasteiger partial charge on any atom is -0.477 e. The van der Waals surface area contributed by atoms with Crippen LogP contribution in [0.25, 0.3) is 10.9 Å². The molecule has 1 aliphatic carbocycles. The molecule has 9 nitrogen and oxygen atoms in total. The number of aromatic carboxylic acids is 1. The van der Waals surface area contributed by atoms with Gasteiger partial charge in [-0.3, -0.25) is 24.2 Å². The molecular formula is C26H23FN4O5. The smallest absolute Gasteiger partial charge is 0.341 e. The maximum absolute atomic E-state index is 15.2. The zero-order chi connectivity index (χ0) is 25.1. The highest BCUT2D eigenvalue weighted by molar-refractivity contribution is 6.52. The summed E-state index contributed by atoms with van der Waals surface area (Å²) in [5, 5.41) is 9.50. The zero-order valence-electron chi connectivity index (χ0n) is 19.3. The van der Waals surface area contributed by atoms with Gasteiger partial charge in [0, 0.05) is 43.8 Å². The molecule has 2 aromatic carbocycles. The van der Waals surface area contributed by atoms with Crippen molar-refractivity contribution in [2.24, 2.45) is 0 Å². The number of rotatable bonds is 5. The number of pyridine rings is 1. The highest BCUT2D eigenvalue weighted by Gasteiger charge is 2.37. The average molecular weight is 490 g/mol. The number of amides is 1. The summed E-state index contributed by atoms with van der Waals surface area (Å²) in [5.41, 5.74) is 0.865. The van der Waals surface area contributed by atoms with Crippen LogP contribution in [0.4, 0.5) is 15.8 Å². The molecule has 36 heavy (non-hydrogen) atoms. The van der Waals surface area contributed by atoms with Crippen molar-refractivity contribution in [1.82, 2.24) is 9.47 Å². The van der Waals surface area contributed by atoms with Gasteiger partial charge in [0.15, 0.2) is 0 Å². The number of piperazine rings is 1. The van der Waals surface area contributed by atoms with Gasteiger partial charge in [-0.15, -0.1) is 0 Å². The Bertz CT molecular complexity index is 1500. The van der Waals surface area contributed by atoms with Crippen molar-refractivity contribution >= 4 is 39.9 Å². The van der Waals surface area contributed by atoms with Gasteiger partial charge in [-0.25, -0.2) is 9.18 Å². The van der Waals surface area contributed by atoms with Gasteiger partial charge in [0.2, 0.25) is 5.43 Å². The number of aromatic nitrogens is 1. The quantitative estimate of drug-likeness (QED) is 0.548. The van der Waals surface area contributed by atoms with Crippen LogP contribution >= 0.6 is 0 Å². The number of ketones is 1. The lowest BCUT2D eigenvalue weighted by atomic mass is 10.1. The third kappa shape index (κ3) is 3.56. The molecule has 6 rings (SSSR count). The van der Waals surface area contributed by atoms with Crippen LogP contribution < -0.4 is 15.2 Å². The van der Waals surface area contributed by atoms with Crippen molar-refractivity contribution in [1.29, 1.82) is 0 Å². The molecule has 0 bridgehead atoms. The Morgan fingerprint density at radius 3 is 2.42 bits per heavy atom. The number of carboxylic acids is 1. The van der Waals surface area contributed by atoms with E-state index in [9.17, 15) is 24.3 Å². The fraction of sp³-hybridized carbons (Fsp3) is 0.308. The number of hydrogen-bond donors (Lipinski definition) is 1. The summed E-state index contributed by atoms with van der Waals surface area (Å²) in [5.74, 6) is -2.95. The van der Waals surface area contributed by atoms with Crippen LogP contribution in [-0.2, 0) is 4.79 Å². The highest BCUT2D eigenvalue weighted by atomic mass is 19.1. The molecule has 0 radical (unpaired) electrons. The second kappa shape index (κ2) is 8.27. The van der Waals surface area contributed by atoms with E-state index in [1.807, 2.05) is 9.80 Å². The van der Waals surface area contributed by atoms with Gasteiger partial charge in [-0.2, -0.15) is 0 Å². The lowest BCUT2D eigenvalue weighted by Gasteiger charge is -2.37. The van der Waals surface area contributed by atoms with Crippen molar-refractivity contribution < 1.29 is 23.9 Å². The Morgan fingerprint density at radius 1 is 1.00 bits per heavy atom. The van der Waals surface area contributed by atoms with Crippen LogP contribution in [0.2, 0.25) is 0 Å². The van der Waals surface area contributed by atoms with Crippen LogP contribution in [0.1, 0.15) is 39.6 Å². The van der Waals surface area contributed by atoms with Crippen LogP contribution in [0.5, 0.6) is 0 Å². The second-order valence-electron chi connectivity index (χ2n) is 9.46. The lowest BCUT2D eigenvalue weighted by molar-refractivity contribution is -0.114. The number of benzene rings is 2. The molecule has 2 aliphatic heterocycles. The number of carboxylic acid groups (broad SMARTS) is 1. The number of anilines is 2. The summed E-state index contributed by atoms with van der Waals surface area (Å²) in [6, 6.07) is 9.82. The number of para-hydroxylation sites is 1. The summed E-state index contributed by atoms with van der Waals surface area (Å²) < 4.78 is 17.0. The monoisotopic (exact) mass is 490 g/mol. The van der Waals surface area contributed by atoms with E-state index < -0.39 is 28.9 Å². The lowest BCUT2D eigenvalue weighted by Crippen LogP contribution is -2.51. The maximum Gasteiger partial charge on any atom is 0.341 e. The van der Waals surface area contributed by atoms with Gasteiger partial charge in [-0.05, 0) is 37.1 Å². The van der Waals surface area contributed by atoms with Gasteiger partial charge in [0.1, 0.15) is 11.4 Å². The number of carbonyl (C=O) groups excluding carboxylic acids is 2. The molecule has 0 spiro atoms. The molecule has 2 fully saturated rings. The van der Waals surface area contributed by atoms with E-state index in [1.165, 1.54) is 11.1 Å². The minimum atomic E-state index is -1.32. The topological polar surface area (TPSA) is 103 Å². The zero-order valence-corrected chi connectivity index (χ0v) is 19.3. The molecule has 1 N–H and O–H groups in total. The number of nitrogens with zero attached hydrogens (tertiary/aromatic N) is 4. The largest absolute Gasteiger partial charge is 0.477 e. The number of Topliss-reactive ketones (excluding diaryl/α,β-unsaturated/α-hetero) is 1. The minimum absolute atomic E-state index is 0.0672. The normalized spacial score (nSPS) is 18.2. The van der Waals surface area contributed by atoms with E-state index in [0.29, 0.717) is 48.6 Å². The summed E-state index contributed by atoms with van der Waals surface area (Å²) in [4.78, 5) is 54.5. The van der Waals surface area contributed by atoms with Crippen molar-refractivity contribution in [3.8, 4) is 0 Å². The summed E-state index contributed by atoms with van der Waals surface area (Å²) in [7, 11) is 0. The molecule has 3 aliphatic rings. The predicted octanol–water partition coefficient (Wildman–Crippen LogP) is 2.48. The van der Waals surface area contributed by atoms with Gasteiger partial charge in [0.05, 0.1) is 29.1 Å². The van der Waals surface area contributed by atoms with E-state index in [4.69, 9.17) is 0 Å². The standard InChI is InChI=1S/C26H23FN4O5/c27-19-11-17-21(30(15-5-6-15)13-18(23(17)32)26(35)36)12-22(19)29-9-7-28(8-10-29)14-31-20-4-2-1-3-16(20)24(33)25(31)34/h1-4,11-13,15H,5-10,14H2,(H,35,36). The Labute approximate surface area is 204 Å². The second-order valence-corrected chi connectivity index (χ2v) is 9.46. The van der Waals surface area contributed by atoms with Crippen molar-refractivity contribution in [3.63, 3.8) is 0 Å². The molecule has 0 unspecified atom stereocenters. The van der Waals surface area contributed by atoms with E-state index >= 15 is 4.39 Å². The average Bonchev–Trinajstić information content (AvgIpc) is 3.69. The molecule has 10 heteroatoms. The van der Waals surface area contributed by atoms with Gasteiger partial charge in [0.25, 0.3) is 5.78 Å².